The molecule has 2 aromatic carbocycles. The number of fused-ring (bicyclic) bond motifs is 3. The number of benzene rings is 2. The van der Waals surface area contributed by atoms with Crippen molar-refractivity contribution in [2.45, 2.75) is 24.4 Å². The molecule has 7 nitrogen and oxygen atoms in total. The summed E-state index contributed by atoms with van der Waals surface area (Å²) in [5.41, 5.74) is 2.36. The van der Waals surface area contributed by atoms with Gasteiger partial charge in [-0.15, -0.1) is 0 Å². The van der Waals surface area contributed by atoms with Crippen molar-refractivity contribution in [3.63, 3.8) is 0 Å². The normalized spacial score (nSPS) is 14.9. The summed E-state index contributed by atoms with van der Waals surface area (Å²) in [7, 11) is -1.89. The standard InChI is InChI=1S/C20H24N4O3S/c1-27-13-5-10-23-11-12-24-19-9-8-16(14-18(19)21-20(24)15-23)22-28(25,26)17-6-3-2-4-7-17/h2-4,6-9,14,22H,5,10-13,15H2,1H3. The molecule has 3 aromatic rings. The summed E-state index contributed by atoms with van der Waals surface area (Å²) in [6.07, 6.45) is 1.00. The number of nitrogens with zero attached hydrogens (tertiary/aromatic N) is 3. The first-order valence-corrected chi connectivity index (χ1v) is 10.8. The Morgan fingerprint density at radius 1 is 1.14 bits per heavy atom. The minimum Gasteiger partial charge on any atom is -0.385 e. The van der Waals surface area contributed by atoms with Gasteiger partial charge in [0.1, 0.15) is 5.82 Å². The number of imidazole rings is 1. The fraction of sp³-hybridized carbons (Fsp3) is 0.350. The number of aromatic nitrogens is 2. The lowest BCUT2D eigenvalue weighted by Crippen LogP contribution is -2.34. The Hall–Kier alpha value is -2.42. The Balaban J connectivity index is 1.54. The van der Waals surface area contributed by atoms with E-state index in [1.165, 1.54) is 0 Å². The summed E-state index contributed by atoms with van der Waals surface area (Å²) in [6, 6.07) is 13.9. The molecule has 1 N–H and O–H groups in total. The van der Waals surface area contributed by atoms with Crippen LogP contribution in [-0.2, 0) is 27.8 Å². The Labute approximate surface area is 165 Å². The van der Waals surface area contributed by atoms with Crippen LogP contribution in [0.4, 0.5) is 5.69 Å². The van der Waals surface area contributed by atoms with Gasteiger partial charge in [-0.05, 0) is 36.8 Å². The number of hydrogen-bond acceptors (Lipinski definition) is 5. The Bertz CT molecular complexity index is 1060. The highest BCUT2D eigenvalue weighted by Crippen LogP contribution is 2.25. The number of methoxy groups -OCH3 is 1. The maximum Gasteiger partial charge on any atom is 0.261 e. The van der Waals surface area contributed by atoms with E-state index in [0.717, 1.165) is 56.1 Å². The van der Waals surface area contributed by atoms with Crippen LogP contribution >= 0.6 is 0 Å². The molecule has 0 saturated heterocycles. The number of rotatable bonds is 7. The molecule has 148 valence electrons. The van der Waals surface area contributed by atoms with Crippen LogP contribution in [0.3, 0.4) is 0 Å². The summed E-state index contributed by atoms with van der Waals surface area (Å²) in [4.78, 5) is 7.37. The molecule has 2 heterocycles. The van der Waals surface area contributed by atoms with Crippen molar-refractivity contribution in [1.29, 1.82) is 0 Å². The summed E-state index contributed by atoms with van der Waals surface area (Å²) < 4.78 is 35.1. The van der Waals surface area contributed by atoms with Crippen LogP contribution < -0.4 is 4.72 Å². The smallest absolute Gasteiger partial charge is 0.261 e. The molecule has 0 bridgehead atoms. The quantitative estimate of drug-likeness (QED) is 0.617. The molecule has 0 saturated carbocycles. The number of ether oxygens (including phenoxy) is 1. The Morgan fingerprint density at radius 2 is 1.96 bits per heavy atom. The van der Waals surface area contributed by atoms with Crippen LogP contribution in [0.1, 0.15) is 12.2 Å². The van der Waals surface area contributed by atoms with E-state index in [2.05, 4.69) is 14.2 Å². The number of anilines is 1. The third-order valence-corrected chi connectivity index (χ3v) is 6.36. The third kappa shape index (κ3) is 3.89. The molecular weight excluding hydrogens is 376 g/mol. The average Bonchev–Trinajstić information content (AvgIpc) is 3.05. The first-order chi connectivity index (χ1) is 13.6. The van der Waals surface area contributed by atoms with Gasteiger partial charge < -0.3 is 9.30 Å². The van der Waals surface area contributed by atoms with Gasteiger partial charge in [-0.1, -0.05) is 18.2 Å². The molecule has 0 unspecified atom stereocenters. The van der Waals surface area contributed by atoms with Crippen molar-refractivity contribution >= 4 is 26.7 Å². The van der Waals surface area contributed by atoms with Crippen molar-refractivity contribution in [3.8, 4) is 0 Å². The predicted molar refractivity (Wildman–Crippen MR) is 109 cm³/mol. The van der Waals surface area contributed by atoms with Gasteiger partial charge in [0.2, 0.25) is 0 Å². The second kappa shape index (κ2) is 7.90. The van der Waals surface area contributed by atoms with Crippen LogP contribution in [0, 0.1) is 0 Å². The zero-order chi connectivity index (χ0) is 19.6. The first kappa shape index (κ1) is 18.9. The second-order valence-corrected chi connectivity index (χ2v) is 8.61. The summed E-state index contributed by atoms with van der Waals surface area (Å²) in [5, 5.41) is 0. The molecular formula is C20H24N4O3S. The minimum atomic E-state index is -3.61. The van der Waals surface area contributed by atoms with E-state index in [-0.39, 0.29) is 4.90 Å². The second-order valence-electron chi connectivity index (χ2n) is 6.92. The molecule has 8 heteroatoms. The molecule has 0 atom stereocenters. The van der Waals surface area contributed by atoms with Crippen molar-refractivity contribution in [2.24, 2.45) is 0 Å². The van der Waals surface area contributed by atoms with Crippen LogP contribution in [0.2, 0.25) is 0 Å². The Morgan fingerprint density at radius 3 is 2.75 bits per heavy atom. The molecule has 28 heavy (non-hydrogen) atoms. The Kier molecular flexibility index (Phi) is 5.34. The monoisotopic (exact) mass is 400 g/mol. The average molecular weight is 401 g/mol. The number of sulfonamides is 1. The fourth-order valence-electron chi connectivity index (χ4n) is 3.57. The van der Waals surface area contributed by atoms with Gasteiger partial charge >= 0.3 is 0 Å². The highest BCUT2D eigenvalue weighted by atomic mass is 32.2. The molecule has 1 aliphatic rings. The summed E-state index contributed by atoms with van der Waals surface area (Å²) >= 11 is 0. The van der Waals surface area contributed by atoms with Crippen molar-refractivity contribution in [3.05, 3.63) is 54.4 Å². The molecule has 0 fully saturated rings. The van der Waals surface area contributed by atoms with Gasteiger partial charge in [-0.25, -0.2) is 13.4 Å². The van der Waals surface area contributed by atoms with Crippen molar-refractivity contribution < 1.29 is 13.2 Å². The SMILES string of the molecule is COCCCN1CCn2c(nc3cc(NS(=O)(=O)c4ccccc4)ccc32)C1. The van der Waals surface area contributed by atoms with Gasteiger partial charge in [0, 0.05) is 33.4 Å². The number of nitrogens with one attached hydrogen (secondary N) is 1. The molecule has 4 rings (SSSR count). The van der Waals surface area contributed by atoms with Gasteiger partial charge in [0.25, 0.3) is 10.0 Å². The molecule has 0 amide bonds. The molecule has 1 aliphatic heterocycles. The lowest BCUT2D eigenvalue weighted by Gasteiger charge is -2.27. The van der Waals surface area contributed by atoms with E-state index in [9.17, 15) is 8.42 Å². The van der Waals surface area contributed by atoms with Crippen molar-refractivity contribution in [2.75, 3.05) is 31.5 Å². The van der Waals surface area contributed by atoms with Crippen LogP contribution in [0.25, 0.3) is 11.0 Å². The van der Waals surface area contributed by atoms with E-state index in [1.54, 1.807) is 49.6 Å². The molecule has 1 aromatic heterocycles. The summed E-state index contributed by atoms with van der Waals surface area (Å²) in [5.74, 6) is 1.02. The predicted octanol–water partition coefficient (Wildman–Crippen LogP) is 2.69. The number of hydrogen-bond donors (Lipinski definition) is 1. The van der Waals surface area contributed by atoms with E-state index < -0.39 is 10.0 Å². The maximum absolute atomic E-state index is 12.5. The van der Waals surface area contributed by atoms with Gasteiger partial charge in [0.05, 0.1) is 28.2 Å². The lowest BCUT2D eigenvalue weighted by molar-refractivity contribution is 0.158. The molecule has 0 aliphatic carbocycles. The van der Waals surface area contributed by atoms with E-state index in [0.29, 0.717) is 5.69 Å². The van der Waals surface area contributed by atoms with Gasteiger partial charge in [-0.2, -0.15) is 0 Å². The van der Waals surface area contributed by atoms with E-state index in [4.69, 9.17) is 9.72 Å². The fourth-order valence-corrected chi connectivity index (χ4v) is 4.64. The lowest BCUT2D eigenvalue weighted by atomic mass is 10.2. The molecule has 0 radical (unpaired) electrons. The van der Waals surface area contributed by atoms with Crippen LogP contribution in [0.15, 0.2) is 53.4 Å². The first-order valence-electron chi connectivity index (χ1n) is 9.35. The van der Waals surface area contributed by atoms with Gasteiger partial charge in [-0.3, -0.25) is 9.62 Å². The van der Waals surface area contributed by atoms with Crippen molar-refractivity contribution in [1.82, 2.24) is 14.5 Å². The zero-order valence-corrected chi connectivity index (χ0v) is 16.7. The minimum absolute atomic E-state index is 0.242. The maximum atomic E-state index is 12.5. The topological polar surface area (TPSA) is 76.5 Å². The zero-order valence-electron chi connectivity index (χ0n) is 15.8. The van der Waals surface area contributed by atoms with E-state index >= 15 is 0 Å². The largest absolute Gasteiger partial charge is 0.385 e. The molecule has 0 spiro atoms. The highest BCUT2D eigenvalue weighted by molar-refractivity contribution is 7.92. The van der Waals surface area contributed by atoms with E-state index in [1.807, 2.05) is 6.07 Å². The third-order valence-electron chi connectivity index (χ3n) is 4.96. The summed E-state index contributed by atoms with van der Waals surface area (Å²) in [6.45, 7) is 4.40. The van der Waals surface area contributed by atoms with Crippen LogP contribution in [0.5, 0.6) is 0 Å². The van der Waals surface area contributed by atoms with Crippen LogP contribution in [-0.4, -0.2) is 49.7 Å². The highest BCUT2D eigenvalue weighted by Gasteiger charge is 2.20. The van der Waals surface area contributed by atoms with Gasteiger partial charge in [0.15, 0.2) is 0 Å².